The molecule has 0 aromatic carbocycles. The van der Waals surface area contributed by atoms with E-state index < -0.39 is 36.4 Å². The summed E-state index contributed by atoms with van der Waals surface area (Å²) in [6.45, 7) is 1.43. The van der Waals surface area contributed by atoms with Gasteiger partial charge in [-0.2, -0.15) is 5.26 Å². The van der Waals surface area contributed by atoms with E-state index >= 15 is 0 Å². The lowest BCUT2D eigenvalue weighted by atomic mass is 9.96. The van der Waals surface area contributed by atoms with Crippen molar-refractivity contribution in [2.24, 2.45) is 0 Å². The van der Waals surface area contributed by atoms with Crippen molar-refractivity contribution in [3.8, 4) is 6.07 Å². The Hall–Kier alpha value is -2.18. The lowest BCUT2D eigenvalue weighted by Gasteiger charge is -2.18. The van der Waals surface area contributed by atoms with Crippen molar-refractivity contribution in [3.05, 3.63) is 0 Å². The number of aliphatic hydroxyl groups is 1. The molecule has 0 unspecified atom stereocenters. The van der Waals surface area contributed by atoms with E-state index in [0.29, 0.717) is 0 Å². The van der Waals surface area contributed by atoms with Gasteiger partial charge in [0.05, 0.1) is 18.9 Å². The van der Waals surface area contributed by atoms with Gasteiger partial charge in [-0.05, 0) is 0 Å². The topological polar surface area (TPSA) is 191 Å². The molecule has 0 aliphatic rings. The second-order valence-electron chi connectivity index (χ2n) is 2.70. The third kappa shape index (κ3) is 10.1. The molecule has 0 saturated carbocycles. The zero-order valence-electron chi connectivity index (χ0n) is 9.08. The number of carboxylic acids is 3. The number of hydrogen-bond donors (Lipinski definition) is 5. The van der Waals surface area contributed by atoms with Gasteiger partial charge in [-0.25, -0.2) is 4.79 Å². The van der Waals surface area contributed by atoms with Gasteiger partial charge in [0.25, 0.3) is 0 Å². The summed E-state index contributed by atoms with van der Waals surface area (Å²) in [6.07, 6.45) is -2.29. The summed E-state index contributed by atoms with van der Waals surface area (Å²) in [5, 5.41) is 41.1. The molecule has 9 heteroatoms. The average molecular weight is 250 g/mol. The minimum Gasteiger partial charge on any atom is -0.481 e. The van der Waals surface area contributed by atoms with Crippen LogP contribution < -0.4 is 6.15 Å². The highest BCUT2D eigenvalue weighted by molar-refractivity contribution is 5.88. The van der Waals surface area contributed by atoms with Gasteiger partial charge in [-0.3, -0.25) is 9.59 Å². The number of aliphatic carboxylic acids is 3. The molecule has 0 aromatic rings. The first-order valence-electron chi connectivity index (χ1n) is 3.89. The highest BCUT2D eigenvalue weighted by Gasteiger charge is 2.40. The van der Waals surface area contributed by atoms with Crippen LogP contribution >= 0.6 is 0 Å². The maximum Gasteiger partial charge on any atom is 0.336 e. The highest BCUT2D eigenvalue weighted by atomic mass is 16.4. The summed E-state index contributed by atoms with van der Waals surface area (Å²) >= 11 is 0. The predicted molar refractivity (Wildman–Crippen MR) is 53.4 cm³/mol. The second-order valence-corrected chi connectivity index (χ2v) is 2.70. The van der Waals surface area contributed by atoms with Crippen LogP contribution in [0.2, 0.25) is 0 Å². The van der Waals surface area contributed by atoms with Crippen molar-refractivity contribution in [1.82, 2.24) is 6.15 Å². The fourth-order valence-corrected chi connectivity index (χ4v) is 0.714. The Morgan fingerprint density at radius 2 is 1.35 bits per heavy atom. The number of carbonyl (C=O) groups is 3. The average Bonchev–Trinajstić information content (AvgIpc) is 2.01. The Bertz CT molecular complexity index is 304. The van der Waals surface area contributed by atoms with Gasteiger partial charge in [0.15, 0.2) is 5.60 Å². The van der Waals surface area contributed by atoms with Crippen molar-refractivity contribution < 1.29 is 34.8 Å². The minimum absolute atomic E-state index is 0. The Kier molecular flexibility index (Phi) is 10.8. The first-order valence-corrected chi connectivity index (χ1v) is 3.89. The molecule has 0 amide bonds. The number of nitrogens with zero attached hydrogens (tertiary/aromatic N) is 1. The van der Waals surface area contributed by atoms with Gasteiger partial charge >= 0.3 is 17.9 Å². The number of hydrogen-bond acceptors (Lipinski definition) is 6. The standard InChI is InChI=1S/C6H8O7.C2H3N.H3N/c7-3(8)1-6(13,5(11)12)2-4(9)10;1-2-3;/h13H,1-2H2,(H,7,8)(H,9,10)(H,11,12);1H3;1H3. The van der Waals surface area contributed by atoms with Gasteiger partial charge in [-0.15, -0.1) is 0 Å². The van der Waals surface area contributed by atoms with Crippen LogP contribution in [-0.4, -0.2) is 43.9 Å². The van der Waals surface area contributed by atoms with Crippen LogP contribution in [-0.2, 0) is 14.4 Å². The Morgan fingerprint density at radius 1 is 1.12 bits per heavy atom. The molecule has 0 saturated heterocycles. The fourth-order valence-electron chi connectivity index (χ4n) is 0.714. The van der Waals surface area contributed by atoms with Crippen LogP contribution in [0, 0.1) is 11.3 Å². The molecule has 0 radical (unpaired) electrons. The normalized spacial score (nSPS) is 8.76. The van der Waals surface area contributed by atoms with E-state index in [4.69, 9.17) is 25.7 Å². The SMILES string of the molecule is CC#N.N.O=C(O)CC(O)(CC(=O)O)C(=O)O. The predicted octanol–water partition coefficient (Wildman–Crippen LogP) is -0.557. The Balaban J connectivity index is -0.000000440. The lowest BCUT2D eigenvalue weighted by molar-refractivity contribution is -0.170. The van der Waals surface area contributed by atoms with Crippen LogP contribution in [0.25, 0.3) is 0 Å². The van der Waals surface area contributed by atoms with E-state index in [9.17, 15) is 14.4 Å². The summed E-state index contributed by atoms with van der Waals surface area (Å²) in [6, 6.07) is 1.75. The second kappa shape index (κ2) is 9.08. The summed E-state index contributed by atoms with van der Waals surface area (Å²) in [7, 11) is 0. The highest BCUT2D eigenvalue weighted by Crippen LogP contribution is 2.15. The molecular formula is C8H14N2O7. The van der Waals surface area contributed by atoms with Gasteiger partial charge in [0.2, 0.25) is 0 Å². The van der Waals surface area contributed by atoms with E-state index in [2.05, 4.69) is 0 Å². The van der Waals surface area contributed by atoms with Crippen molar-refractivity contribution in [2.75, 3.05) is 0 Å². The van der Waals surface area contributed by atoms with Crippen LogP contribution in [0.1, 0.15) is 19.8 Å². The maximum absolute atomic E-state index is 10.3. The zero-order valence-corrected chi connectivity index (χ0v) is 9.08. The number of carboxylic acid groups (broad SMARTS) is 3. The fraction of sp³-hybridized carbons (Fsp3) is 0.500. The maximum atomic E-state index is 10.3. The lowest BCUT2D eigenvalue weighted by Crippen LogP contribution is -2.42. The quantitative estimate of drug-likeness (QED) is 0.425. The Morgan fingerprint density at radius 3 is 1.47 bits per heavy atom. The minimum atomic E-state index is -2.74. The van der Waals surface area contributed by atoms with Crippen molar-refractivity contribution in [3.63, 3.8) is 0 Å². The summed E-state index contributed by atoms with van der Waals surface area (Å²) < 4.78 is 0. The molecule has 0 bridgehead atoms. The molecule has 0 rings (SSSR count). The molecule has 7 N–H and O–H groups in total. The third-order valence-corrected chi connectivity index (χ3v) is 1.29. The zero-order chi connectivity index (χ0) is 13.4. The number of rotatable bonds is 5. The van der Waals surface area contributed by atoms with E-state index in [1.54, 1.807) is 6.07 Å². The molecule has 0 atom stereocenters. The smallest absolute Gasteiger partial charge is 0.336 e. The molecular weight excluding hydrogens is 236 g/mol. The molecule has 0 spiro atoms. The van der Waals surface area contributed by atoms with Crippen LogP contribution in [0.4, 0.5) is 0 Å². The first kappa shape index (κ1) is 20.3. The molecule has 0 aromatic heterocycles. The molecule has 0 fully saturated rings. The van der Waals surface area contributed by atoms with Crippen LogP contribution in [0.15, 0.2) is 0 Å². The van der Waals surface area contributed by atoms with Gasteiger partial charge < -0.3 is 26.6 Å². The summed E-state index contributed by atoms with van der Waals surface area (Å²) in [4.78, 5) is 30.5. The van der Waals surface area contributed by atoms with Crippen molar-refractivity contribution in [1.29, 1.82) is 5.26 Å². The van der Waals surface area contributed by atoms with Gasteiger partial charge in [0.1, 0.15) is 0 Å². The molecule has 0 aliphatic heterocycles. The first-order chi connectivity index (χ1) is 7.19. The number of nitriles is 1. The molecule has 17 heavy (non-hydrogen) atoms. The monoisotopic (exact) mass is 250 g/mol. The van der Waals surface area contributed by atoms with Gasteiger partial charge in [0, 0.05) is 6.92 Å². The van der Waals surface area contributed by atoms with E-state index in [0.717, 1.165) is 0 Å². The van der Waals surface area contributed by atoms with E-state index in [1.165, 1.54) is 6.92 Å². The van der Waals surface area contributed by atoms with Crippen LogP contribution in [0.5, 0.6) is 0 Å². The van der Waals surface area contributed by atoms with Crippen molar-refractivity contribution >= 4 is 17.9 Å². The molecule has 0 heterocycles. The van der Waals surface area contributed by atoms with Crippen molar-refractivity contribution in [2.45, 2.75) is 25.4 Å². The molecule has 0 aliphatic carbocycles. The summed E-state index contributed by atoms with van der Waals surface area (Å²) in [5.41, 5.74) is -2.74. The van der Waals surface area contributed by atoms with Gasteiger partial charge in [-0.1, -0.05) is 0 Å². The third-order valence-electron chi connectivity index (χ3n) is 1.29. The van der Waals surface area contributed by atoms with E-state index in [1.807, 2.05) is 0 Å². The Labute approximate surface area is 96.5 Å². The molecule has 98 valence electrons. The summed E-state index contributed by atoms with van der Waals surface area (Å²) in [5.74, 6) is -5.02. The molecule has 9 nitrogen and oxygen atoms in total. The van der Waals surface area contributed by atoms with Crippen LogP contribution in [0.3, 0.4) is 0 Å². The van der Waals surface area contributed by atoms with E-state index in [-0.39, 0.29) is 6.15 Å². The largest absolute Gasteiger partial charge is 0.481 e.